The van der Waals surface area contributed by atoms with E-state index in [1.54, 1.807) is 4.90 Å². The third-order valence-corrected chi connectivity index (χ3v) is 8.28. The number of hydrogen-bond donors (Lipinski definition) is 0. The van der Waals surface area contributed by atoms with E-state index in [4.69, 9.17) is 4.74 Å². The Kier molecular flexibility index (Phi) is 5.11. The van der Waals surface area contributed by atoms with Crippen LogP contribution in [0.5, 0.6) is 0 Å². The Morgan fingerprint density at radius 2 is 1.15 bits per heavy atom. The highest BCUT2D eigenvalue weighted by Gasteiger charge is 2.30. The molecule has 3 heteroatoms. The minimum atomic E-state index is -0.386. The van der Waals surface area contributed by atoms with Crippen molar-refractivity contribution in [1.29, 1.82) is 0 Å². The summed E-state index contributed by atoms with van der Waals surface area (Å²) in [5, 5.41) is 6.96. The number of benzene rings is 7. The van der Waals surface area contributed by atoms with Crippen LogP contribution in [-0.4, -0.2) is 12.7 Å². The molecule has 0 N–H and O–H groups in total. The molecule has 190 valence electrons. The Hall–Kier alpha value is -5.15. The summed E-state index contributed by atoms with van der Waals surface area (Å²) in [4.78, 5) is 15.8. The molecule has 8 rings (SSSR count). The van der Waals surface area contributed by atoms with E-state index in [0.717, 1.165) is 22.1 Å². The molecule has 0 unspecified atom stereocenters. The Bertz CT molecular complexity index is 1980. The first-order valence-corrected chi connectivity index (χ1v) is 13.6. The first-order chi connectivity index (χ1) is 19.8. The second kappa shape index (κ2) is 8.96. The lowest BCUT2D eigenvalue weighted by Gasteiger charge is -2.26. The Labute approximate surface area is 232 Å². The minimum absolute atomic E-state index is 0.00433. The summed E-state index contributed by atoms with van der Waals surface area (Å²) in [7, 11) is 0. The fourth-order valence-corrected chi connectivity index (χ4v) is 6.49. The van der Waals surface area contributed by atoms with E-state index in [0.29, 0.717) is 0 Å². The molecule has 7 aromatic carbocycles. The predicted molar refractivity (Wildman–Crippen MR) is 164 cm³/mol. The van der Waals surface area contributed by atoms with Crippen LogP contribution in [0, 0.1) is 0 Å². The summed E-state index contributed by atoms with van der Waals surface area (Å²) in [6.45, 7) is 0.266. The number of nitrogens with zero attached hydrogens (tertiary/aromatic N) is 1. The maximum Gasteiger partial charge on any atom is 0.418 e. The number of para-hydroxylation sites is 1. The molecule has 0 atom stereocenters. The second-order valence-electron chi connectivity index (χ2n) is 10.4. The molecule has 0 spiro atoms. The number of hydrogen-bond acceptors (Lipinski definition) is 2. The average molecular weight is 516 g/mol. The quantitative estimate of drug-likeness (QED) is 0.218. The summed E-state index contributed by atoms with van der Waals surface area (Å²) in [5.41, 5.74) is 6.41. The van der Waals surface area contributed by atoms with Gasteiger partial charge in [0.2, 0.25) is 0 Å². The van der Waals surface area contributed by atoms with E-state index in [2.05, 4.69) is 97.1 Å². The number of ether oxygens (including phenoxy) is 1. The van der Waals surface area contributed by atoms with Gasteiger partial charge in [-0.2, -0.15) is 0 Å². The number of amides is 1. The first kappa shape index (κ1) is 22.8. The standard InChI is InChI=1S/C37H25NO2/c39-37(40-23-33-30-15-6-4-13-28(30)29-14-5-7-16-31(29)33)38(27-11-2-1-3-12-27)34-22-20-26-18-17-24-9-8-10-25-19-21-32(34)36(26)35(24)25/h1-22,33H,23H2. The van der Waals surface area contributed by atoms with Crippen molar-refractivity contribution in [3.63, 3.8) is 0 Å². The SMILES string of the molecule is O=C(OCC1c2ccccc2-c2ccccc21)N(c1ccccc1)c1ccc2ccc3cccc4ccc1c2c34. The molecular formula is C37H25NO2. The molecule has 0 saturated heterocycles. The lowest BCUT2D eigenvalue weighted by atomic mass is 9.93. The zero-order chi connectivity index (χ0) is 26.6. The van der Waals surface area contributed by atoms with Gasteiger partial charge < -0.3 is 4.74 Å². The van der Waals surface area contributed by atoms with Crippen molar-refractivity contribution in [2.24, 2.45) is 0 Å². The molecule has 40 heavy (non-hydrogen) atoms. The summed E-state index contributed by atoms with van der Waals surface area (Å²) < 4.78 is 6.19. The molecule has 1 amide bonds. The molecule has 7 aromatic rings. The van der Waals surface area contributed by atoms with E-state index >= 15 is 0 Å². The van der Waals surface area contributed by atoms with Gasteiger partial charge in [-0.05, 0) is 67.4 Å². The molecule has 0 bridgehead atoms. The molecule has 0 aliphatic heterocycles. The fourth-order valence-electron chi connectivity index (χ4n) is 6.49. The molecule has 1 aliphatic rings. The Balaban J connectivity index is 1.23. The van der Waals surface area contributed by atoms with Crippen molar-refractivity contribution in [3.05, 3.63) is 145 Å². The van der Waals surface area contributed by atoms with Crippen LogP contribution in [0.4, 0.5) is 16.2 Å². The van der Waals surface area contributed by atoms with Crippen LogP contribution >= 0.6 is 0 Å². The zero-order valence-corrected chi connectivity index (χ0v) is 21.7. The van der Waals surface area contributed by atoms with E-state index in [-0.39, 0.29) is 18.6 Å². The summed E-state index contributed by atoms with van der Waals surface area (Å²) in [6, 6.07) is 45.8. The van der Waals surface area contributed by atoms with Crippen molar-refractivity contribution in [2.45, 2.75) is 5.92 Å². The van der Waals surface area contributed by atoms with Crippen molar-refractivity contribution >= 4 is 49.8 Å². The average Bonchev–Trinajstić information content (AvgIpc) is 3.33. The van der Waals surface area contributed by atoms with Gasteiger partial charge in [-0.1, -0.05) is 115 Å². The summed E-state index contributed by atoms with van der Waals surface area (Å²) in [5.74, 6) is -0.00433. The largest absolute Gasteiger partial charge is 0.448 e. The molecule has 0 aromatic heterocycles. The number of fused-ring (bicyclic) bond motifs is 3. The molecule has 3 nitrogen and oxygen atoms in total. The Morgan fingerprint density at radius 3 is 1.85 bits per heavy atom. The van der Waals surface area contributed by atoms with Gasteiger partial charge in [-0.25, -0.2) is 9.69 Å². The van der Waals surface area contributed by atoms with Gasteiger partial charge in [-0.3, -0.25) is 0 Å². The molecule has 0 radical (unpaired) electrons. The molecule has 0 heterocycles. The zero-order valence-electron chi connectivity index (χ0n) is 21.7. The van der Waals surface area contributed by atoms with Gasteiger partial charge >= 0.3 is 6.09 Å². The van der Waals surface area contributed by atoms with E-state index < -0.39 is 0 Å². The molecule has 1 aliphatic carbocycles. The van der Waals surface area contributed by atoms with Crippen molar-refractivity contribution in [1.82, 2.24) is 0 Å². The van der Waals surface area contributed by atoms with Crippen LogP contribution in [-0.2, 0) is 4.74 Å². The van der Waals surface area contributed by atoms with Gasteiger partial charge in [0.1, 0.15) is 6.61 Å². The lowest BCUT2D eigenvalue weighted by molar-refractivity contribution is 0.153. The second-order valence-corrected chi connectivity index (χ2v) is 10.4. The minimum Gasteiger partial charge on any atom is -0.448 e. The smallest absolute Gasteiger partial charge is 0.418 e. The number of anilines is 2. The number of rotatable bonds is 4. The van der Waals surface area contributed by atoms with E-state index in [1.807, 2.05) is 36.4 Å². The first-order valence-electron chi connectivity index (χ1n) is 13.6. The monoisotopic (exact) mass is 515 g/mol. The summed E-state index contributed by atoms with van der Waals surface area (Å²) >= 11 is 0. The van der Waals surface area contributed by atoms with Gasteiger partial charge in [0.25, 0.3) is 0 Å². The fraction of sp³-hybridized carbons (Fsp3) is 0.0541. The van der Waals surface area contributed by atoms with Crippen LogP contribution in [0.1, 0.15) is 17.0 Å². The highest BCUT2D eigenvalue weighted by molar-refractivity contribution is 6.26. The van der Waals surface area contributed by atoms with Crippen LogP contribution in [0.15, 0.2) is 133 Å². The van der Waals surface area contributed by atoms with Crippen molar-refractivity contribution in [2.75, 3.05) is 11.5 Å². The van der Waals surface area contributed by atoms with Crippen molar-refractivity contribution in [3.8, 4) is 11.1 Å². The topological polar surface area (TPSA) is 29.5 Å². The van der Waals surface area contributed by atoms with Crippen LogP contribution < -0.4 is 4.90 Å². The van der Waals surface area contributed by atoms with Gasteiger partial charge in [0.15, 0.2) is 0 Å². The van der Waals surface area contributed by atoms with Crippen molar-refractivity contribution < 1.29 is 9.53 Å². The van der Waals surface area contributed by atoms with E-state index in [1.165, 1.54) is 43.8 Å². The maximum absolute atomic E-state index is 14.1. The van der Waals surface area contributed by atoms with Crippen LogP contribution in [0.2, 0.25) is 0 Å². The molecule has 0 saturated carbocycles. The molecule has 0 fully saturated rings. The van der Waals surface area contributed by atoms with E-state index in [9.17, 15) is 4.79 Å². The third-order valence-electron chi connectivity index (χ3n) is 8.28. The van der Waals surface area contributed by atoms with Gasteiger partial charge in [0.05, 0.1) is 11.4 Å². The van der Waals surface area contributed by atoms with Crippen LogP contribution in [0.3, 0.4) is 0 Å². The van der Waals surface area contributed by atoms with Gasteiger partial charge in [-0.15, -0.1) is 0 Å². The third kappa shape index (κ3) is 3.41. The molecular weight excluding hydrogens is 490 g/mol. The normalized spacial score (nSPS) is 12.6. The lowest BCUT2D eigenvalue weighted by Crippen LogP contribution is -2.28. The highest BCUT2D eigenvalue weighted by atomic mass is 16.6. The highest BCUT2D eigenvalue weighted by Crippen LogP contribution is 2.45. The maximum atomic E-state index is 14.1. The number of carbonyl (C=O) groups excluding carboxylic acids is 1. The summed E-state index contributed by atoms with van der Waals surface area (Å²) in [6.07, 6.45) is -0.386. The number of carbonyl (C=O) groups is 1. The Morgan fingerprint density at radius 1 is 0.575 bits per heavy atom. The predicted octanol–water partition coefficient (Wildman–Crippen LogP) is 9.67. The van der Waals surface area contributed by atoms with Crippen LogP contribution in [0.25, 0.3) is 43.4 Å². The van der Waals surface area contributed by atoms with Gasteiger partial charge in [0, 0.05) is 11.3 Å².